The first kappa shape index (κ1) is 12.0. The molecule has 1 atom stereocenters. The van der Waals surface area contributed by atoms with Crippen molar-refractivity contribution in [1.29, 1.82) is 0 Å². The summed E-state index contributed by atoms with van der Waals surface area (Å²) < 4.78 is 13.0. The van der Waals surface area contributed by atoms with Gasteiger partial charge in [-0.15, -0.1) is 0 Å². The Kier molecular flexibility index (Phi) is 3.15. The van der Waals surface area contributed by atoms with Crippen LogP contribution in [0.5, 0.6) is 0 Å². The van der Waals surface area contributed by atoms with Gasteiger partial charge in [0.25, 0.3) is 0 Å². The van der Waals surface area contributed by atoms with Gasteiger partial charge in [0, 0.05) is 13.1 Å². The Morgan fingerprint density at radius 1 is 1.59 bits per heavy atom. The molecule has 0 aromatic heterocycles. The van der Waals surface area contributed by atoms with E-state index < -0.39 is 11.4 Å². The lowest BCUT2D eigenvalue weighted by atomic mass is 9.90. The molecule has 1 aliphatic rings. The van der Waals surface area contributed by atoms with E-state index in [1.165, 1.54) is 12.1 Å². The number of benzene rings is 1. The molecule has 1 saturated heterocycles. The van der Waals surface area contributed by atoms with E-state index in [0.29, 0.717) is 19.5 Å². The van der Waals surface area contributed by atoms with Crippen LogP contribution < -0.4 is 0 Å². The topological polar surface area (TPSA) is 40.5 Å². The molecule has 17 heavy (non-hydrogen) atoms. The van der Waals surface area contributed by atoms with Gasteiger partial charge in [-0.2, -0.15) is 0 Å². The van der Waals surface area contributed by atoms with Crippen LogP contribution in [0.4, 0.5) is 4.39 Å². The van der Waals surface area contributed by atoms with Crippen molar-refractivity contribution in [3.8, 4) is 0 Å². The molecule has 1 fully saturated rings. The molecule has 1 heterocycles. The number of carbonyl (C=O) groups is 1. The molecule has 3 nitrogen and oxygen atoms in total. The minimum atomic E-state index is -0.751. The van der Waals surface area contributed by atoms with Crippen LogP contribution >= 0.6 is 0 Å². The van der Waals surface area contributed by atoms with Gasteiger partial charge < -0.3 is 5.11 Å². The molecule has 0 spiro atoms. The molecule has 0 radical (unpaired) electrons. The Morgan fingerprint density at radius 3 is 2.94 bits per heavy atom. The van der Waals surface area contributed by atoms with E-state index in [1.54, 1.807) is 13.0 Å². The molecule has 1 aromatic carbocycles. The molecule has 1 unspecified atom stereocenters. The zero-order valence-corrected chi connectivity index (χ0v) is 9.82. The van der Waals surface area contributed by atoms with Crippen LogP contribution in [0.25, 0.3) is 0 Å². The summed E-state index contributed by atoms with van der Waals surface area (Å²) in [7, 11) is 0. The van der Waals surface area contributed by atoms with Gasteiger partial charge in [-0.3, -0.25) is 9.69 Å². The zero-order valence-electron chi connectivity index (χ0n) is 9.82. The van der Waals surface area contributed by atoms with Crippen LogP contribution in [-0.4, -0.2) is 29.1 Å². The average molecular weight is 237 g/mol. The molecule has 1 aliphatic heterocycles. The number of hydrogen-bond donors (Lipinski definition) is 1. The Hall–Kier alpha value is -1.42. The summed E-state index contributed by atoms with van der Waals surface area (Å²) in [5.41, 5.74) is 0.229. The van der Waals surface area contributed by atoms with Gasteiger partial charge in [-0.1, -0.05) is 12.1 Å². The van der Waals surface area contributed by atoms with Crippen molar-refractivity contribution in [2.75, 3.05) is 13.1 Å². The minimum absolute atomic E-state index is 0.248. The first-order valence-corrected chi connectivity index (χ1v) is 5.70. The number of aliphatic carboxylic acids is 1. The van der Waals surface area contributed by atoms with Crippen molar-refractivity contribution in [1.82, 2.24) is 4.90 Å². The van der Waals surface area contributed by atoms with Crippen LogP contribution in [0.3, 0.4) is 0 Å². The third-order valence-corrected chi connectivity index (χ3v) is 3.36. The maximum atomic E-state index is 13.0. The lowest BCUT2D eigenvalue weighted by Crippen LogP contribution is -2.31. The maximum Gasteiger partial charge on any atom is 0.310 e. The summed E-state index contributed by atoms with van der Waals surface area (Å²) in [6.45, 7) is 3.65. The maximum absolute atomic E-state index is 13.0. The summed E-state index contributed by atoms with van der Waals surface area (Å²) in [4.78, 5) is 13.1. The van der Waals surface area contributed by atoms with Gasteiger partial charge in [0.1, 0.15) is 5.82 Å². The number of likely N-dealkylation sites (tertiary alicyclic amines) is 1. The normalized spacial score (nSPS) is 25.1. The van der Waals surface area contributed by atoms with E-state index in [2.05, 4.69) is 4.90 Å². The molecular weight excluding hydrogens is 221 g/mol. The standard InChI is InChI=1S/C13H16FNO2/c1-13(12(16)17)5-6-15(9-13)8-10-3-2-4-11(14)7-10/h2-4,7H,5-6,8-9H2,1H3,(H,16,17). The molecule has 4 heteroatoms. The first-order valence-electron chi connectivity index (χ1n) is 5.70. The number of nitrogens with zero attached hydrogens (tertiary/aromatic N) is 1. The monoisotopic (exact) mass is 237 g/mol. The lowest BCUT2D eigenvalue weighted by molar-refractivity contribution is -0.147. The number of hydrogen-bond acceptors (Lipinski definition) is 2. The first-order chi connectivity index (χ1) is 7.99. The Bertz CT molecular complexity index is 435. The van der Waals surface area contributed by atoms with Crippen molar-refractivity contribution in [3.05, 3.63) is 35.6 Å². The van der Waals surface area contributed by atoms with Crippen LogP contribution in [0, 0.1) is 11.2 Å². The second-order valence-corrected chi connectivity index (χ2v) is 4.96. The number of rotatable bonds is 3. The number of halogens is 1. The highest BCUT2D eigenvalue weighted by molar-refractivity contribution is 5.74. The highest BCUT2D eigenvalue weighted by Crippen LogP contribution is 2.30. The highest BCUT2D eigenvalue weighted by Gasteiger charge is 2.40. The predicted molar refractivity (Wildman–Crippen MR) is 62.0 cm³/mol. The van der Waals surface area contributed by atoms with Crippen molar-refractivity contribution in [2.45, 2.75) is 19.9 Å². The van der Waals surface area contributed by atoms with E-state index in [4.69, 9.17) is 5.11 Å². The van der Waals surface area contributed by atoms with Crippen molar-refractivity contribution in [3.63, 3.8) is 0 Å². The van der Waals surface area contributed by atoms with Crippen molar-refractivity contribution >= 4 is 5.97 Å². The van der Waals surface area contributed by atoms with Gasteiger partial charge in [-0.25, -0.2) is 4.39 Å². The van der Waals surface area contributed by atoms with Crippen LogP contribution in [0.15, 0.2) is 24.3 Å². The molecule has 0 amide bonds. The van der Waals surface area contributed by atoms with Crippen molar-refractivity contribution in [2.24, 2.45) is 5.41 Å². The third kappa shape index (κ3) is 2.64. The van der Waals surface area contributed by atoms with Crippen molar-refractivity contribution < 1.29 is 14.3 Å². The predicted octanol–water partition coefficient (Wildman–Crippen LogP) is 2.12. The van der Waals surface area contributed by atoms with Crippen LogP contribution in [0.1, 0.15) is 18.9 Å². The fraction of sp³-hybridized carbons (Fsp3) is 0.462. The molecule has 92 valence electrons. The molecule has 1 aromatic rings. The Balaban J connectivity index is 2.01. The molecule has 0 saturated carbocycles. The van der Waals surface area contributed by atoms with E-state index in [9.17, 15) is 9.18 Å². The summed E-state index contributed by atoms with van der Waals surface area (Å²) in [6.07, 6.45) is 0.650. The summed E-state index contributed by atoms with van der Waals surface area (Å²) in [6, 6.07) is 6.45. The van der Waals surface area contributed by atoms with E-state index in [0.717, 1.165) is 12.1 Å². The number of carboxylic acid groups (broad SMARTS) is 1. The Labute approximate surface area is 99.9 Å². The third-order valence-electron chi connectivity index (χ3n) is 3.36. The second-order valence-electron chi connectivity index (χ2n) is 4.96. The van der Waals surface area contributed by atoms with E-state index >= 15 is 0 Å². The molecule has 2 rings (SSSR count). The summed E-state index contributed by atoms with van der Waals surface area (Å²) in [5, 5.41) is 9.11. The van der Waals surface area contributed by atoms with Gasteiger partial charge in [0.2, 0.25) is 0 Å². The van der Waals surface area contributed by atoms with Crippen LogP contribution in [0.2, 0.25) is 0 Å². The van der Waals surface area contributed by atoms with Gasteiger partial charge >= 0.3 is 5.97 Å². The second kappa shape index (κ2) is 4.45. The highest BCUT2D eigenvalue weighted by atomic mass is 19.1. The minimum Gasteiger partial charge on any atom is -0.481 e. The quantitative estimate of drug-likeness (QED) is 0.875. The lowest BCUT2D eigenvalue weighted by Gasteiger charge is -2.20. The van der Waals surface area contributed by atoms with E-state index in [1.807, 2.05) is 6.07 Å². The Morgan fingerprint density at radius 2 is 2.35 bits per heavy atom. The van der Waals surface area contributed by atoms with Gasteiger partial charge in [-0.05, 0) is 37.6 Å². The summed E-state index contributed by atoms with van der Waals surface area (Å²) >= 11 is 0. The summed E-state index contributed by atoms with van der Waals surface area (Å²) in [5.74, 6) is -0.998. The van der Waals surface area contributed by atoms with Gasteiger partial charge in [0.05, 0.1) is 5.41 Å². The molecule has 0 bridgehead atoms. The smallest absolute Gasteiger partial charge is 0.310 e. The fourth-order valence-corrected chi connectivity index (χ4v) is 2.26. The largest absolute Gasteiger partial charge is 0.481 e. The fourth-order valence-electron chi connectivity index (χ4n) is 2.26. The van der Waals surface area contributed by atoms with Gasteiger partial charge in [0.15, 0.2) is 0 Å². The average Bonchev–Trinajstić information content (AvgIpc) is 2.61. The molecular formula is C13H16FNO2. The number of carboxylic acids is 1. The SMILES string of the molecule is CC1(C(=O)O)CCN(Cc2cccc(F)c2)C1. The molecule has 1 N–H and O–H groups in total. The molecule has 0 aliphatic carbocycles. The van der Waals surface area contributed by atoms with Crippen LogP contribution in [-0.2, 0) is 11.3 Å². The zero-order chi connectivity index (χ0) is 12.5. The van der Waals surface area contributed by atoms with E-state index in [-0.39, 0.29) is 5.82 Å².